The van der Waals surface area contributed by atoms with Crippen LogP contribution in [0.25, 0.3) is 0 Å². The molecule has 0 aromatic carbocycles. The number of piperidine rings is 1. The van der Waals surface area contributed by atoms with Gasteiger partial charge in [0, 0.05) is 32.2 Å². The molecular formula is C16H29N5. The Labute approximate surface area is 128 Å². The molecule has 0 radical (unpaired) electrons. The standard InChI is InChI=1S/C16H29N5/c1-13(2)17-11-15-5-6-16(19-18-15)21-9-7-14(8-10-21)12-20(3)4/h5-6,13-14,17H,7-12H2,1-4H3. The van der Waals surface area contributed by atoms with Crippen molar-refractivity contribution in [2.24, 2.45) is 5.92 Å². The van der Waals surface area contributed by atoms with E-state index in [1.807, 2.05) is 0 Å². The summed E-state index contributed by atoms with van der Waals surface area (Å²) >= 11 is 0. The fourth-order valence-corrected chi connectivity index (χ4v) is 2.79. The first-order valence-corrected chi connectivity index (χ1v) is 8.00. The fraction of sp³-hybridized carbons (Fsp3) is 0.750. The molecule has 1 fully saturated rings. The van der Waals surface area contributed by atoms with E-state index in [0.29, 0.717) is 6.04 Å². The van der Waals surface area contributed by atoms with Crippen molar-refractivity contribution in [2.75, 3.05) is 38.6 Å². The maximum Gasteiger partial charge on any atom is 0.151 e. The summed E-state index contributed by atoms with van der Waals surface area (Å²) in [6.45, 7) is 8.45. The third-order valence-electron chi connectivity index (χ3n) is 3.96. The van der Waals surface area contributed by atoms with Crippen molar-refractivity contribution in [1.29, 1.82) is 0 Å². The normalized spacial score (nSPS) is 17.0. The molecule has 0 spiro atoms. The molecule has 0 atom stereocenters. The Bertz CT molecular complexity index is 407. The van der Waals surface area contributed by atoms with Gasteiger partial charge in [-0.1, -0.05) is 13.8 Å². The number of nitrogens with one attached hydrogen (secondary N) is 1. The van der Waals surface area contributed by atoms with Crippen LogP contribution in [0.2, 0.25) is 0 Å². The first-order chi connectivity index (χ1) is 10.0. The lowest BCUT2D eigenvalue weighted by Crippen LogP contribution is -2.37. The second kappa shape index (κ2) is 7.71. The molecule has 0 unspecified atom stereocenters. The van der Waals surface area contributed by atoms with Gasteiger partial charge in [0.25, 0.3) is 0 Å². The van der Waals surface area contributed by atoms with Crippen LogP contribution in [-0.4, -0.2) is 54.9 Å². The van der Waals surface area contributed by atoms with Gasteiger partial charge in [0.2, 0.25) is 0 Å². The summed E-state index contributed by atoms with van der Waals surface area (Å²) in [6.07, 6.45) is 2.49. The van der Waals surface area contributed by atoms with Gasteiger partial charge in [-0.25, -0.2) is 0 Å². The highest BCUT2D eigenvalue weighted by Crippen LogP contribution is 2.21. The van der Waals surface area contributed by atoms with Crippen molar-refractivity contribution in [3.63, 3.8) is 0 Å². The van der Waals surface area contributed by atoms with Crippen molar-refractivity contribution in [3.05, 3.63) is 17.8 Å². The van der Waals surface area contributed by atoms with E-state index in [-0.39, 0.29) is 0 Å². The van der Waals surface area contributed by atoms with E-state index in [1.54, 1.807) is 0 Å². The van der Waals surface area contributed by atoms with Gasteiger partial charge in [0.05, 0.1) is 5.69 Å². The number of hydrogen-bond donors (Lipinski definition) is 1. The molecule has 1 aromatic heterocycles. The summed E-state index contributed by atoms with van der Waals surface area (Å²) in [5, 5.41) is 12.1. The Hall–Kier alpha value is -1.20. The average Bonchev–Trinajstić information content (AvgIpc) is 2.46. The number of aromatic nitrogens is 2. The van der Waals surface area contributed by atoms with Crippen molar-refractivity contribution in [3.8, 4) is 0 Å². The Morgan fingerprint density at radius 2 is 1.95 bits per heavy atom. The highest BCUT2D eigenvalue weighted by Gasteiger charge is 2.20. The molecular weight excluding hydrogens is 262 g/mol. The van der Waals surface area contributed by atoms with E-state index in [1.165, 1.54) is 19.4 Å². The summed E-state index contributed by atoms with van der Waals surface area (Å²) in [7, 11) is 4.31. The van der Waals surface area contributed by atoms with Gasteiger partial charge in [-0.05, 0) is 45.0 Å². The maximum atomic E-state index is 4.39. The van der Waals surface area contributed by atoms with Crippen molar-refractivity contribution >= 4 is 5.82 Å². The molecule has 1 saturated heterocycles. The number of rotatable bonds is 6. The van der Waals surface area contributed by atoms with E-state index in [9.17, 15) is 0 Å². The minimum Gasteiger partial charge on any atom is -0.355 e. The van der Waals surface area contributed by atoms with Crippen molar-refractivity contribution in [2.45, 2.75) is 39.3 Å². The predicted octanol–water partition coefficient (Wildman–Crippen LogP) is 1.75. The highest BCUT2D eigenvalue weighted by molar-refractivity contribution is 5.37. The number of hydrogen-bond acceptors (Lipinski definition) is 5. The minimum absolute atomic E-state index is 0.474. The molecule has 1 aliphatic rings. The van der Waals surface area contributed by atoms with Gasteiger partial charge in [-0.15, -0.1) is 5.10 Å². The molecule has 5 heteroatoms. The molecule has 5 nitrogen and oxygen atoms in total. The summed E-state index contributed by atoms with van der Waals surface area (Å²) < 4.78 is 0. The summed E-state index contributed by atoms with van der Waals surface area (Å²) in [4.78, 5) is 4.65. The van der Waals surface area contributed by atoms with Crippen LogP contribution >= 0.6 is 0 Å². The first kappa shape index (κ1) is 16.2. The third kappa shape index (κ3) is 5.25. The van der Waals surface area contributed by atoms with Gasteiger partial charge in [0.15, 0.2) is 5.82 Å². The highest BCUT2D eigenvalue weighted by atomic mass is 15.3. The lowest BCUT2D eigenvalue weighted by Gasteiger charge is -2.33. The summed E-state index contributed by atoms with van der Waals surface area (Å²) in [5.74, 6) is 1.84. The maximum absolute atomic E-state index is 4.39. The van der Waals surface area contributed by atoms with Gasteiger partial charge >= 0.3 is 0 Å². The first-order valence-electron chi connectivity index (χ1n) is 8.00. The zero-order valence-corrected chi connectivity index (χ0v) is 13.8. The second-order valence-corrected chi connectivity index (χ2v) is 6.61. The van der Waals surface area contributed by atoms with E-state index in [0.717, 1.165) is 37.1 Å². The molecule has 21 heavy (non-hydrogen) atoms. The summed E-state index contributed by atoms with van der Waals surface area (Å²) in [6, 6.07) is 4.67. The lowest BCUT2D eigenvalue weighted by molar-refractivity contribution is 0.284. The molecule has 0 amide bonds. The number of anilines is 1. The van der Waals surface area contributed by atoms with Crippen LogP contribution in [0.1, 0.15) is 32.4 Å². The zero-order valence-electron chi connectivity index (χ0n) is 13.8. The van der Waals surface area contributed by atoms with Crippen LogP contribution in [0.3, 0.4) is 0 Å². The van der Waals surface area contributed by atoms with E-state index < -0.39 is 0 Å². The topological polar surface area (TPSA) is 44.3 Å². The Balaban J connectivity index is 1.83. The fourth-order valence-electron chi connectivity index (χ4n) is 2.79. The largest absolute Gasteiger partial charge is 0.355 e. The molecule has 118 valence electrons. The third-order valence-corrected chi connectivity index (χ3v) is 3.96. The van der Waals surface area contributed by atoms with Crippen molar-refractivity contribution in [1.82, 2.24) is 20.4 Å². The SMILES string of the molecule is CC(C)NCc1ccc(N2CCC(CN(C)C)CC2)nn1. The quantitative estimate of drug-likeness (QED) is 0.865. The molecule has 2 heterocycles. The van der Waals surface area contributed by atoms with Crippen LogP contribution in [-0.2, 0) is 6.54 Å². The van der Waals surface area contributed by atoms with Gasteiger partial charge in [-0.2, -0.15) is 5.10 Å². The van der Waals surface area contributed by atoms with Crippen molar-refractivity contribution < 1.29 is 0 Å². The lowest BCUT2D eigenvalue weighted by atomic mass is 9.96. The van der Waals surface area contributed by atoms with Gasteiger partial charge < -0.3 is 15.1 Å². The van der Waals surface area contributed by atoms with Gasteiger partial charge in [-0.3, -0.25) is 0 Å². The Morgan fingerprint density at radius 1 is 1.24 bits per heavy atom. The molecule has 2 rings (SSSR count). The molecule has 0 aliphatic carbocycles. The van der Waals surface area contributed by atoms with Crippen LogP contribution in [0, 0.1) is 5.92 Å². The van der Waals surface area contributed by atoms with E-state index in [2.05, 4.69) is 65.4 Å². The van der Waals surface area contributed by atoms with Crippen LogP contribution < -0.4 is 10.2 Å². The number of nitrogens with zero attached hydrogens (tertiary/aromatic N) is 4. The van der Waals surface area contributed by atoms with E-state index >= 15 is 0 Å². The smallest absolute Gasteiger partial charge is 0.151 e. The molecule has 1 aliphatic heterocycles. The monoisotopic (exact) mass is 291 g/mol. The van der Waals surface area contributed by atoms with Crippen LogP contribution in [0.15, 0.2) is 12.1 Å². The Morgan fingerprint density at radius 3 is 2.48 bits per heavy atom. The van der Waals surface area contributed by atoms with Crippen LogP contribution in [0.4, 0.5) is 5.82 Å². The molecule has 0 bridgehead atoms. The molecule has 1 aromatic rings. The Kier molecular flexibility index (Phi) is 5.94. The summed E-state index contributed by atoms with van der Waals surface area (Å²) in [5.41, 5.74) is 1.01. The second-order valence-electron chi connectivity index (χ2n) is 6.61. The predicted molar refractivity (Wildman–Crippen MR) is 87.5 cm³/mol. The van der Waals surface area contributed by atoms with E-state index in [4.69, 9.17) is 0 Å². The van der Waals surface area contributed by atoms with Crippen LogP contribution in [0.5, 0.6) is 0 Å². The van der Waals surface area contributed by atoms with Gasteiger partial charge in [0.1, 0.15) is 0 Å². The average molecular weight is 291 g/mol. The minimum atomic E-state index is 0.474. The zero-order chi connectivity index (χ0) is 15.2. The molecule has 0 saturated carbocycles. The molecule has 1 N–H and O–H groups in total.